The van der Waals surface area contributed by atoms with Crippen LogP contribution in [0.4, 0.5) is 24.7 Å². The second kappa shape index (κ2) is 10.5. The van der Waals surface area contributed by atoms with Crippen LogP contribution in [0.2, 0.25) is 0 Å². The Hall–Kier alpha value is -3.34. The highest BCUT2D eigenvalue weighted by atomic mass is 32.2. The van der Waals surface area contributed by atoms with Crippen molar-refractivity contribution in [1.82, 2.24) is 14.9 Å². The first-order chi connectivity index (χ1) is 15.7. The Kier molecular flexibility index (Phi) is 7.75. The molecule has 2 N–H and O–H groups in total. The van der Waals surface area contributed by atoms with Crippen molar-refractivity contribution >= 4 is 46.0 Å². The molecule has 174 valence electrons. The summed E-state index contributed by atoms with van der Waals surface area (Å²) < 4.78 is 39.3. The topological polar surface area (TPSA) is 87.2 Å². The summed E-state index contributed by atoms with van der Waals surface area (Å²) >= 11 is 1.11. The highest BCUT2D eigenvalue weighted by molar-refractivity contribution is 7.99. The summed E-state index contributed by atoms with van der Waals surface area (Å²) in [6, 6.07) is 12.2. The Morgan fingerprint density at radius 1 is 1.06 bits per heavy atom. The van der Waals surface area contributed by atoms with E-state index in [1.807, 2.05) is 31.2 Å². The lowest BCUT2D eigenvalue weighted by Gasteiger charge is -2.18. The van der Waals surface area contributed by atoms with Gasteiger partial charge in [-0.2, -0.15) is 13.2 Å². The lowest BCUT2D eigenvalue weighted by molar-refractivity contribution is -0.137. The zero-order chi connectivity index (χ0) is 24.0. The molecule has 7 nitrogen and oxygen atoms in total. The highest BCUT2D eigenvalue weighted by Crippen LogP contribution is 2.34. The molecule has 1 aromatic heterocycles. The molecule has 0 saturated heterocycles. The molecule has 3 rings (SSSR count). The Morgan fingerprint density at radius 3 is 2.48 bits per heavy atom. The molecule has 0 aliphatic carbocycles. The van der Waals surface area contributed by atoms with Crippen LogP contribution in [0.1, 0.15) is 12.5 Å². The van der Waals surface area contributed by atoms with E-state index in [0.717, 1.165) is 39.7 Å². The van der Waals surface area contributed by atoms with Gasteiger partial charge >= 0.3 is 6.18 Å². The van der Waals surface area contributed by atoms with Crippen LogP contribution < -0.4 is 10.6 Å². The summed E-state index contributed by atoms with van der Waals surface area (Å²) in [4.78, 5) is 34.8. The van der Waals surface area contributed by atoms with Gasteiger partial charge in [0.2, 0.25) is 11.8 Å². The van der Waals surface area contributed by atoms with E-state index in [1.54, 1.807) is 0 Å². The van der Waals surface area contributed by atoms with Gasteiger partial charge in [-0.05, 0) is 31.2 Å². The molecule has 0 aliphatic heterocycles. The van der Waals surface area contributed by atoms with E-state index in [4.69, 9.17) is 0 Å². The number of anilines is 2. The molecule has 0 aliphatic rings. The molecule has 0 atom stereocenters. The van der Waals surface area contributed by atoms with Crippen LogP contribution in [0.15, 0.2) is 53.7 Å². The van der Waals surface area contributed by atoms with Gasteiger partial charge in [0.05, 0.1) is 29.1 Å². The van der Waals surface area contributed by atoms with Crippen LogP contribution in [0.3, 0.4) is 0 Å². The lowest BCUT2D eigenvalue weighted by Crippen LogP contribution is -2.36. The average Bonchev–Trinajstić information content (AvgIpc) is 2.77. The summed E-state index contributed by atoms with van der Waals surface area (Å²) in [7, 11) is 1.41. The van der Waals surface area contributed by atoms with Crippen molar-refractivity contribution in [2.75, 3.05) is 36.5 Å². The molecule has 2 aromatic carbocycles. The van der Waals surface area contributed by atoms with Crippen LogP contribution in [0.5, 0.6) is 0 Å². The largest absolute Gasteiger partial charge is 0.418 e. The van der Waals surface area contributed by atoms with E-state index in [2.05, 4.69) is 20.6 Å². The van der Waals surface area contributed by atoms with Crippen LogP contribution in [0.25, 0.3) is 10.9 Å². The molecular formula is C22H22F3N5O2S. The summed E-state index contributed by atoms with van der Waals surface area (Å²) in [5.74, 6) is -0.494. The number of nitrogens with one attached hydrogen (secondary N) is 2. The maximum atomic E-state index is 13.1. The van der Waals surface area contributed by atoms with Crippen molar-refractivity contribution in [2.45, 2.75) is 18.3 Å². The van der Waals surface area contributed by atoms with Crippen LogP contribution in [-0.2, 0) is 15.8 Å². The third-order valence-corrected chi connectivity index (χ3v) is 5.40. The molecule has 11 heteroatoms. The predicted octanol–water partition coefficient (Wildman–Crippen LogP) is 4.27. The number of hydrogen-bond acceptors (Lipinski definition) is 6. The maximum Gasteiger partial charge on any atom is 0.418 e. The zero-order valence-corrected chi connectivity index (χ0v) is 18.8. The number of hydrogen-bond donors (Lipinski definition) is 2. The Balaban J connectivity index is 1.61. The van der Waals surface area contributed by atoms with Gasteiger partial charge in [-0.25, -0.2) is 9.97 Å². The van der Waals surface area contributed by atoms with E-state index in [1.165, 1.54) is 19.2 Å². The summed E-state index contributed by atoms with van der Waals surface area (Å²) in [6.45, 7) is 2.21. The number of likely N-dealkylation sites (N-methyl/N-ethyl adjacent to an activating group) is 1. The normalized spacial score (nSPS) is 11.3. The summed E-state index contributed by atoms with van der Waals surface area (Å²) in [6.07, 6.45) is -4.60. The summed E-state index contributed by atoms with van der Waals surface area (Å²) in [5.41, 5.74) is -0.576. The van der Waals surface area contributed by atoms with Gasteiger partial charge in [-0.15, -0.1) is 0 Å². The fourth-order valence-corrected chi connectivity index (χ4v) is 3.78. The lowest BCUT2D eigenvalue weighted by atomic mass is 10.1. The van der Waals surface area contributed by atoms with Gasteiger partial charge in [0.1, 0.15) is 5.82 Å². The number of rotatable bonds is 8. The van der Waals surface area contributed by atoms with Gasteiger partial charge in [0, 0.05) is 19.0 Å². The minimum Gasteiger partial charge on any atom is -0.370 e. The standard InChI is InChI=1S/C22H22F3N5O2S/c1-3-26-20-14-8-4-6-10-16(14)28-21(29-20)33-13-19(32)30(2)12-18(31)27-17-11-7-5-9-15(17)22(23,24)25/h4-11H,3,12-13H2,1-2H3,(H,27,31)(H,26,28,29). The molecule has 3 aromatic rings. The number of halogens is 3. The number of benzene rings is 2. The van der Waals surface area contributed by atoms with Crippen molar-refractivity contribution in [3.8, 4) is 0 Å². The van der Waals surface area contributed by atoms with Crippen LogP contribution >= 0.6 is 11.8 Å². The molecule has 0 spiro atoms. The van der Waals surface area contributed by atoms with Crippen LogP contribution in [0, 0.1) is 0 Å². The molecule has 0 bridgehead atoms. The highest BCUT2D eigenvalue weighted by Gasteiger charge is 2.33. The third kappa shape index (κ3) is 6.35. The summed E-state index contributed by atoms with van der Waals surface area (Å²) in [5, 5.41) is 6.66. The Morgan fingerprint density at radius 2 is 1.76 bits per heavy atom. The number of fused-ring (bicyclic) bond motifs is 1. The molecular weight excluding hydrogens is 455 g/mol. The number of carbonyl (C=O) groups is 2. The van der Waals surface area contributed by atoms with Gasteiger partial charge < -0.3 is 15.5 Å². The van der Waals surface area contributed by atoms with E-state index >= 15 is 0 Å². The molecule has 0 saturated carbocycles. The molecule has 0 radical (unpaired) electrons. The van der Waals surface area contributed by atoms with E-state index < -0.39 is 24.2 Å². The predicted molar refractivity (Wildman–Crippen MR) is 122 cm³/mol. The van der Waals surface area contributed by atoms with E-state index in [-0.39, 0.29) is 17.3 Å². The fraction of sp³-hybridized carbons (Fsp3) is 0.273. The Labute approximate surface area is 192 Å². The van der Waals surface area contributed by atoms with Gasteiger partial charge in [0.25, 0.3) is 0 Å². The van der Waals surface area contributed by atoms with Crippen LogP contribution in [-0.4, -0.2) is 52.6 Å². The Bertz CT molecular complexity index is 1160. The number of aromatic nitrogens is 2. The second-order valence-electron chi connectivity index (χ2n) is 7.03. The number of para-hydroxylation sites is 2. The average molecular weight is 478 g/mol. The minimum absolute atomic E-state index is 0.0349. The third-order valence-electron chi connectivity index (χ3n) is 4.56. The first-order valence-corrected chi connectivity index (χ1v) is 11.0. The first-order valence-electron chi connectivity index (χ1n) is 10.0. The van der Waals surface area contributed by atoms with Crippen molar-refractivity contribution in [3.63, 3.8) is 0 Å². The number of alkyl halides is 3. The second-order valence-corrected chi connectivity index (χ2v) is 7.97. The number of thioether (sulfide) groups is 1. The number of amides is 2. The number of carbonyl (C=O) groups excluding carboxylic acids is 2. The molecule has 2 amide bonds. The first kappa shape index (κ1) is 24.3. The van der Waals surface area contributed by atoms with Crippen molar-refractivity contribution in [1.29, 1.82) is 0 Å². The molecule has 0 fully saturated rings. The molecule has 0 unspecified atom stereocenters. The maximum absolute atomic E-state index is 13.1. The monoisotopic (exact) mass is 477 g/mol. The van der Waals surface area contributed by atoms with E-state index in [0.29, 0.717) is 17.5 Å². The SMILES string of the molecule is CCNc1nc(SCC(=O)N(C)CC(=O)Nc2ccccc2C(F)(F)F)nc2ccccc12. The molecule has 1 heterocycles. The van der Waals surface area contributed by atoms with Crippen molar-refractivity contribution in [3.05, 3.63) is 54.1 Å². The number of nitrogens with zero attached hydrogens (tertiary/aromatic N) is 3. The fourth-order valence-electron chi connectivity index (χ4n) is 2.99. The van der Waals surface area contributed by atoms with Crippen molar-refractivity contribution in [2.24, 2.45) is 0 Å². The van der Waals surface area contributed by atoms with Crippen molar-refractivity contribution < 1.29 is 22.8 Å². The van der Waals surface area contributed by atoms with Gasteiger partial charge in [0.15, 0.2) is 5.16 Å². The minimum atomic E-state index is -4.60. The zero-order valence-electron chi connectivity index (χ0n) is 17.9. The van der Waals surface area contributed by atoms with Gasteiger partial charge in [-0.3, -0.25) is 9.59 Å². The molecule has 33 heavy (non-hydrogen) atoms. The van der Waals surface area contributed by atoms with E-state index in [9.17, 15) is 22.8 Å². The quantitative estimate of drug-likeness (QED) is 0.372. The van der Waals surface area contributed by atoms with Gasteiger partial charge in [-0.1, -0.05) is 36.0 Å². The smallest absolute Gasteiger partial charge is 0.370 e.